The fourth-order valence-corrected chi connectivity index (χ4v) is 2.45. The highest BCUT2D eigenvalue weighted by molar-refractivity contribution is 5.78. The molecule has 0 aliphatic rings. The van der Waals surface area contributed by atoms with Crippen molar-refractivity contribution in [3.63, 3.8) is 0 Å². The van der Waals surface area contributed by atoms with Crippen molar-refractivity contribution in [1.82, 2.24) is 20.3 Å². The molecule has 0 saturated carbocycles. The average molecular weight is 326 g/mol. The third-order valence-corrected chi connectivity index (χ3v) is 3.67. The number of rotatable bonds is 4. The van der Waals surface area contributed by atoms with E-state index in [2.05, 4.69) is 15.6 Å². The number of carbonyl (C=O) groups is 1. The van der Waals surface area contributed by atoms with Crippen LogP contribution in [0.25, 0.3) is 10.9 Å². The highest BCUT2D eigenvalue weighted by Crippen LogP contribution is 2.15. The summed E-state index contributed by atoms with van der Waals surface area (Å²) < 4.78 is 14.7. The molecule has 3 aromatic rings. The summed E-state index contributed by atoms with van der Waals surface area (Å²) in [6.07, 6.45) is 0. The van der Waals surface area contributed by atoms with Crippen molar-refractivity contribution < 1.29 is 9.18 Å². The molecule has 3 rings (SSSR count). The molecule has 0 aliphatic carbocycles. The number of nitrogens with one attached hydrogen (secondary N) is 1. The third-order valence-electron chi connectivity index (χ3n) is 3.67. The highest BCUT2D eigenvalue weighted by Gasteiger charge is 2.15. The maximum absolute atomic E-state index is 13.7. The minimum Gasteiger partial charge on any atom is -0.348 e. The van der Waals surface area contributed by atoms with Gasteiger partial charge in [0.2, 0.25) is 5.91 Å². The Morgan fingerprint density at radius 1 is 1.21 bits per heavy atom. The quantitative estimate of drug-likeness (QED) is 0.793. The highest BCUT2D eigenvalue weighted by atomic mass is 19.1. The molecular weight excluding hydrogens is 311 g/mol. The van der Waals surface area contributed by atoms with Crippen LogP contribution in [-0.2, 0) is 11.3 Å². The first-order valence-electron chi connectivity index (χ1n) is 7.42. The molecule has 1 unspecified atom stereocenters. The summed E-state index contributed by atoms with van der Waals surface area (Å²) in [5.74, 6) is -0.842. The van der Waals surface area contributed by atoms with Crippen molar-refractivity contribution in [3.05, 3.63) is 70.3 Å². The van der Waals surface area contributed by atoms with Crippen molar-refractivity contribution in [1.29, 1.82) is 0 Å². The maximum atomic E-state index is 13.7. The van der Waals surface area contributed by atoms with E-state index in [-0.39, 0.29) is 6.54 Å². The van der Waals surface area contributed by atoms with Gasteiger partial charge >= 0.3 is 0 Å². The van der Waals surface area contributed by atoms with Crippen molar-refractivity contribution >= 4 is 16.8 Å². The SMILES string of the molecule is CC(NC(=O)Cn1nnc2ccccc2c1=O)c1ccccc1F. The third kappa shape index (κ3) is 3.15. The smallest absolute Gasteiger partial charge is 0.278 e. The molecule has 122 valence electrons. The van der Waals surface area contributed by atoms with Gasteiger partial charge in [-0.15, -0.1) is 5.10 Å². The zero-order chi connectivity index (χ0) is 17.1. The van der Waals surface area contributed by atoms with Crippen LogP contribution in [0.3, 0.4) is 0 Å². The molecular formula is C17H15FN4O2. The van der Waals surface area contributed by atoms with Crippen LogP contribution >= 0.6 is 0 Å². The Morgan fingerprint density at radius 3 is 2.71 bits per heavy atom. The molecule has 1 amide bonds. The monoisotopic (exact) mass is 326 g/mol. The Bertz CT molecular complexity index is 954. The minimum atomic E-state index is -0.525. The van der Waals surface area contributed by atoms with Crippen molar-refractivity contribution in [2.24, 2.45) is 0 Å². The van der Waals surface area contributed by atoms with Crippen molar-refractivity contribution in [2.75, 3.05) is 0 Å². The Hall–Kier alpha value is -3.09. The molecule has 0 spiro atoms. The number of hydrogen-bond donors (Lipinski definition) is 1. The van der Waals surface area contributed by atoms with E-state index in [1.165, 1.54) is 6.07 Å². The number of fused-ring (bicyclic) bond motifs is 1. The van der Waals surface area contributed by atoms with E-state index in [4.69, 9.17) is 0 Å². The predicted molar refractivity (Wildman–Crippen MR) is 86.8 cm³/mol. The summed E-state index contributed by atoms with van der Waals surface area (Å²) in [5, 5.41) is 10.7. The van der Waals surface area contributed by atoms with Gasteiger partial charge in [-0.2, -0.15) is 0 Å². The van der Waals surface area contributed by atoms with Gasteiger partial charge in [0, 0.05) is 5.56 Å². The summed E-state index contributed by atoms with van der Waals surface area (Å²) >= 11 is 0. The number of amides is 1. The minimum absolute atomic E-state index is 0.282. The van der Waals surface area contributed by atoms with E-state index in [1.54, 1.807) is 49.4 Å². The lowest BCUT2D eigenvalue weighted by Crippen LogP contribution is -2.35. The molecule has 0 aliphatic heterocycles. The first-order valence-corrected chi connectivity index (χ1v) is 7.42. The molecule has 7 heteroatoms. The van der Waals surface area contributed by atoms with Gasteiger partial charge < -0.3 is 5.32 Å². The second kappa shape index (κ2) is 6.57. The van der Waals surface area contributed by atoms with Gasteiger partial charge in [0.25, 0.3) is 5.56 Å². The van der Waals surface area contributed by atoms with E-state index in [0.29, 0.717) is 16.5 Å². The van der Waals surface area contributed by atoms with Crippen LogP contribution in [0, 0.1) is 5.82 Å². The van der Waals surface area contributed by atoms with Gasteiger partial charge in [-0.25, -0.2) is 9.07 Å². The van der Waals surface area contributed by atoms with Gasteiger partial charge in [-0.3, -0.25) is 9.59 Å². The Morgan fingerprint density at radius 2 is 1.92 bits per heavy atom. The van der Waals surface area contributed by atoms with E-state index in [0.717, 1.165) is 4.68 Å². The van der Waals surface area contributed by atoms with E-state index >= 15 is 0 Å². The zero-order valence-electron chi connectivity index (χ0n) is 12.9. The molecule has 0 bridgehead atoms. The van der Waals surface area contributed by atoms with Gasteiger partial charge in [0.05, 0.1) is 11.4 Å². The number of nitrogens with zero attached hydrogens (tertiary/aromatic N) is 3. The molecule has 24 heavy (non-hydrogen) atoms. The summed E-state index contributed by atoms with van der Waals surface area (Å²) in [5.41, 5.74) is 0.455. The van der Waals surface area contributed by atoms with Crippen LogP contribution in [0.1, 0.15) is 18.5 Å². The molecule has 6 nitrogen and oxygen atoms in total. The molecule has 1 heterocycles. The van der Waals surface area contributed by atoms with Crippen LogP contribution in [-0.4, -0.2) is 20.9 Å². The Kier molecular flexibility index (Phi) is 4.33. The zero-order valence-corrected chi connectivity index (χ0v) is 12.9. The largest absolute Gasteiger partial charge is 0.348 e. The Balaban J connectivity index is 1.77. The molecule has 1 atom stereocenters. The summed E-state index contributed by atoms with van der Waals surface area (Å²) in [7, 11) is 0. The summed E-state index contributed by atoms with van der Waals surface area (Å²) in [6, 6.07) is 12.5. The Labute approximate surface area is 136 Å². The number of hydrogen-bond acceptors (Lipinski definition) is 4. The summed E-state index contributed by atoms with van der Waals surface area (Å²) in [4.78, 5) is 24.4. The molecule has 0 fully saturated rings. The fraction of sp³-hybridized carbons (Fsp3) is 0.176. The van der Waals surface area contributed by atoms with Crippen LogP contribution in [0.2, 0.25) is 0 Å². The number of benzene rings is 2. The molecule has 2 aromatic carbocycles. The lowest BCUT2D eigenvalue weighted by atomic mass is 10.1. The van der Waals surface area contributed by atoms with Gasteiger partial charge in [0.15, 0.2) is 0 Å². The van der Waals surface area contributed by atoms with Crippen molar-refractivity contribution in [2.45, 2.75) is 19.5 Å². The van der Waals surface area contributed by atoms with Gasteiger partial charge in [-0.05, 0) is 25.1 Å². The lowest BCUT2D eigenvalue weighted by molar-refractivity contribution is -0.122. The van der Waals surface area contributed by atoms with Crippen LogP contribution in [0.15, 0.2) is 53.3 Å². The molecule has 0 saturated heterocycles. The first kappa shape index (κ1) is 15.8. The van der Waals surface area contributed by atoms with Crippen LogP contribution in [0.4, 0.5) is 4.39 Å². The van der Waals surface area contributed by atoms with E-state index in [9.17, 15) is 14.0 Å². The average Bonchev–Trinajstić information content (AvgIpc) is 2.58. The summed E-state index contributed by atoms with van der Waals surface area (Å²) in [6.45, 7) is 1.39. The van der Waals surface area contributed by atoms with Crippen molar-refractivity contribution in [3.8, 4) is 0 Å². The first-order chi connectivity index (χ1) is 11.6. The number of carbonyl (C=O) groups excluding carboxylic acids is 1. The topological polar surface area (TPSA) is 76.9 Å². The predicted octanol–water partition coefficient (Wildman–Crippen LogP) is 1.81. The second-order valence-electron chi connectivity index (χ2n) is 5.38. The van der Waals surface area contributed by atoms with E-state index in [1.807, 2.05) is 0 Å². The normalized spacial score (nSPS) is 12.1. The molecule has 0 radical (unpaired) electrons. The van der Waals surface area contributed by atoms with E-state index < -0.39 is 23.3 Å². The van der Waals surface area contributed by atoms with Gasteiger partial charge in [-0.1, -0.05) is 35.5 Å². The molecule has 1 aromatic heterocycles. The van der Waals surface area contributed by atoms with Gasteiger partial charge in [0.1, 0.15) is 17.9 Å². The second-order valence-corrected chi connectivity index (χ2v) is 5.38. The lowest BCUT2D eigenvalue weighted by Gasteiger charge is -2.15. The van der Waals surface area contributed by atoms with Crippen LogP contribution in [0.5, 0.6) is 0 Å². The maximum Gasteiger partial charge on any atom is 0.278 e. The standard InChI is InChI=1S/C17H15FN4O2/c1-11(12-6-2-4-8-14(12)18)19-16(23)10-22-17(24)13-7-3-5-9-15(13)20-21-22/h2-9,11H,10H2,1H3,(H,19,23). The number of aromatic nitrogens is 3. The van der Waals surface area contributed by atoms with Crippen LogP contribution < -0.4 is 10.9 Å². The fourth-order valence-electron chi connectivity index (χ4n) is 2.45. The number of halogens is 1. The molecule has 1 N–H and O–H groups in total.